The molecular formula is C29H41IN2O8. The van der Waals surface area contributed by atoms with E-state index in [2.05, 4.69) is 27.9 Å². The molecule has 4 N–H and O–H groups in total. The van der Waals surface area contributed by atoms with Crippen molar-refractivity contribution < 1.29 is 39.1 Å². The lowest BCUT2D eigenvalue weighted by molar-refractivity contribution is -0.141. The highest BCUT2D eigenvalue weighted by Crippen LogP contribution is 2.38. The maximum atomic E-state index is 13.8. The zero-order chi connectivity index (χ0) is 28.6. The van der Waals surface area contributed by atoms with Gasteiger partial charge in [0, 0.05) is 38.1 Å². The van der Waals surface area contributed by atoms with Crippen molar-refractivity contribution in [2.75, 3.05) is 33.4 Å². The monoisotopic (exact) mass is 672 g/mol. The minimum atomic E-state index is -1.12. The zero-order valence-corrected chi connectivity index (χ0v) is 25.2. The number of halogens is 1. The fraction of sp³-hybridized carbons (Fsp3) is 0.655. The first kappa shape index (κ1) is 31.0. The number of hydrogen-bond donors (Lipinski definition) is 4. The van der Waals surface area contributed by atoms with E-state index in [1.165, 1.54) is 7.11 Å². The number of carbonyl (C=O) groups is 2. The number of rotatable bonds is 12. The van der Waals surface area contributed by atoms with Crippen molar-refractivity contribution in [2.45, 2.75) is 82.3 Å². The van der Waals surface area contributed by atoms with Gasteiger partial charge in [-0.3, -0.25) is 9.59 Å². The molecule has 4 rings (SSSR count). The molecule has 0 bridgehead atoms. The lowest BCUT2D eigenvalue weighted by Crippen LogP contribution is -2.56. The lowest BCUT2D eigenvalue weighted by atomic mass is 9.87. The van der Waals surface area contributed by atoms with Gasteiger partial charge >= 0.3 is 0 Å². The van der Waals surface area contributed by atoms with Crippen LogP contribution in [0.25, 0.3) is 0 Å². The van der Waals surface area contributed by atoms with Gasteiger partial charge in [-0.15, -0.1) is 0 Å². The van der Waals surface area contributed by atoms with Crippen LogP contribution in [0.15, 0.2) is 23.8 Å². The lowest BCUT2D eigenvalue weighted by Gasteiger charge is -2.41. The van der Waals surface area contributed by atoms with Crippen molar-refractivity contribution in [3.05, 3.63) is 32.9 Å². The number of aliphatic hydroxyl groups is 3. The number of amides is 2. The minimum absolute atomic E-state index is 0.0401. The van der Waals surface area contributed by atoms with Crippen LogP contribution in [0.1, 0.15) is 56.9 Å². The molecule has 1 heterocycles. The van der Waals surface area contributed by atoms with E-state index in [1.54, 1.807) is 23.1 Å². The van der Waals surface area contributed by atoms with Gasteiger partial charge in [0.25, 0.3) is 0 Å². The standard InChI is InChI=1S/C29H41IN2O8/c1-38-25-12-19(17-34)11-22(30)28(25)40-24-15-20(29(37)31-8-9-33)14-23(27(24)36)32(16-21-7-4-10-39-21)26(35)13-18-5-2-3-6-18/h11-12,15,18,21,23-24,27,33-34,36H,2-10,13-14,16-17H2,1H3,(H,31,37)/t21-,23-,24+,27+/m1/s1. The number of carbonyl (C=O) groups excluding carboxylic acids is 2. The molecule has 2 aliphatic carbocycles. The SMILES string of the molecule is COc1cc(CO)cc(I)c1O[C@H]1C=C(C(=O)NCCO)C[C@@H](N(C[C@H]2CCCO2)C(=O)CC2CCCC2)[C@@H]1O. The maximum Gasteiger partial charge on any atom is 0.247 e. The highest BCUT2D eigenvalue weighted by Gasteiger charge is 2.42. The van der Waals surface area contributed by atoms with Crippen LogP contribution >= 0.6 is 22.6 Å². The second kappa shape index (κ2) is 14.8. The third-order valence-electron chi connectivity index (χ3n) is 8.02. The molecular weight excluding hydrogens is 631 g/mol. The number of nitrogens with zero attached hydrogens (tertiary/aromatic N) is 1. The molecule has 1 saturated heterocycles. The highest BCUT2D eigenvalue weighted by atomic mass is 127. The summed E-state index contributed by atoms with van der Waals surface area (Å²) in [6.45, 7) is 0.700. The molecule has 1 aliphatic heterocycles. The van der Waals surface area contributed by atoms with Gasteiger partial charge in [0.05, 0.1) is 36.0 Å². The van der Waals surface area contributed by atoms with Crippen LogP contribution in [0.3, 0.4) is 0 Å². The third-order valence-corrected chi connectivity index (χ3v) is 8.82. The van der Waals surface area contributed by atoms with Crippen LogP contribution in [0.2, 0.25) is 0 Å². The molecule has 11 heteroatoms. The average molecular weight is 673 g/mol. The van der Waals surface area contributed by atoms with Crippen molar-refractivity contribution in [2.24, 2.45) is 5.92 Å². The van der Waals surface area contributed by atoms with Crippen LogP contribution in [0.5, 0.6) is 11.5 Å². The summed E-state index contributed by atoms with van der Waals surface area (Å²) in [5.74, 6) is 0.669. The Bertz CT molecular complexity index is 1050. The third kappa shape index (κ3) is 7.67. The Kier molecular flexibility index (Phi) is 11.5. The Morgan fingerprint density at radius 3 is 2.60 bits per heavy atom. The Morgan fingerprint density at radius 2 is 1.95 bits per heavy atom. The molecule has 0 unspecified atom stereocenters. The van der Waals surface area contributed by atoms with Gasteiger partial charge in [0.1, 0.15) is 12.2 Å². The normalized spacial score (nSPS) is 25.0. The van der Waals surface area contributed by atoms with Gasteiger partial charge in [0.2, 0.25) is 11.8 Å². The van der Waals surface area contributed by atoms with Crippen molar-refractivity contribution in [3.8, 4) is 11.5 Å². The molecule has 1 saturated carbocycles. The molecule has 3 aliphatic rings. The number of ether oxygens (including phenoxy) is 3. The topological polar surface area (TPSA) is 138 Å². The van der Waals surface area contributed by atoms with E-state index in [-0.39, 0.29) is 44.1 Å². The Labute approximate surface area is 249 Å². The molecule has 10 nitrogen and oxygen atoms in total. The second-order valence-electron chi connectivity index (χ2n) is 10.8. The van der Waals surface area contributed by atoms with Crippen LogP contribution in [0.4, 0.5) is 0 Å². The predicted molar refractivity (Wildman–Crippen MR) is 156 cm³/mol. The van der Waals surface area contributed by atoms with E-state index < -0.39 is 18.2 Å². The fourth-order valence-electron chi connectivity index (χ4n) is 5.90. The zero-order valence-electron chi connectivity index (χ0n) is 23.0. The number of hydrogen-bond acceptors (Lipinski definition) is 8. The number of benzene rings is 1. The summed E-state index contributed by atoms with van der Waals surface area (Å²) in [6.07, 6.45) is 6.00. The molecule has 40 heavy (non-hydrogen) atoms. The van der Waals surface area contributed by atoms with Crippen molar-refractivity contribution in [3.63, 3.8) is 0 Å². The Balaban J connectivity index is 1.66. The first-order valence-corrected chi connectivity index (χ1v) is 15.2. The molecule has 4 atom stereocenters. The highest BCUT2D eigenvalue weighted by molar-refractivity contribution is 14.1. The number of aliphatic hydroxyl groups excluding tert-OH is 3. The van der Waals surface area contributed by atoms with E-state index >= 15 is 0 Å². The Morgan fingerprint density at radius 1 is 1.18 bits per heavy atom. The predicted octanol–water partition coefficient (Wildman–Crippen LogP) is 2.30. The quantitative estimate of drug-likeness (QED) is 0.249. The van der Waals surface area contributed by atoms with Crippen molar-refractivity contribution >= 4 is 34.4 Å². The maximum absolute atomic E-state index is 13.8. The molecule has 2 fully saturated rings. The summed E-state index contributed by atoms with van der Waals surface area (Å²) in [7, 11) is 1.49. The molecule has 1 aromatic carbocycles. The van der Waals surface area contributed by atoms with E-state index in [4.69, 9.17) is 14.2 Å². The first-order chi connectivity index (χ1) is 19.3. The van der Waals surface area contributed by atoms with Crippen LogP contribution < -0.4 is 14.8 Å². The molecule has 2 amide bonds. The molecule has 1 aromatic rings. The van der Waals surface area contributed by atoms with E-state index in [0.29, 0.717) is 51.7 Å². The van der Waals surface area contributed by atoms with Gasteiger partial charge in [0.15, 0.2) is 11.5 Å². The molecule has 0 radical (unpaired) electrons. The summed E-state index contributed by atoms with van der Waals surface area (Å²) >= 11 is 2.08. The van der Waals surface area contributed by atoms with E-state index in [1.807, 2.05) is 0 Å². The largest absolute Gasteiger partial charge is 0.493 e. The summed E-state index contributed by atoms with van der Waals surface area (Å²) in [5, 5.41) is 33.3. The van der Waals surface area contributed by atoms with Crippen molar-refractivity contribution in [1.29, 1.82) is 0 Å². The molecule has 222 valence electrons. The molecule has 0 aromatic heterocycles. The Hall–Kier alpha value is -1.93. The smallest absolute Gasteiger partial charge is 0.247 e. The van der Waals surface area contributed by atoms with E-state index in [0.717, 1.165) is 38.5 Å². The first-order valence-electron chi connectivity index (χ1n) is 14.2. The molecule has 0 spiro atoms. The number of methoxy groups -OCH3 is 1. The van der Waals surface area contributed by atoms with Crippen LogP contribution in [-0.2, 0) is 20.9 Å². The minimum Gasteiger partial charge on any atom is -0.493 e. The van der Waals surface area contributed by atoms with Gasteiger partial charge in [-0.1, -0.05) is 12.8 Å². The van der Waals surface area contributed by atoms with Gasteiger partial charge in [-0.25, -0.2) is 0 Å². The summed E-state index contributed by atoms with van der Waals surface area (Å²) in [6, 6.07) is 2.72. The fourth-order valence-corrected chi connectivity index (χ4v) is 6.70. The van der Waals surface area contributed by atoms with Crippen LogP contribution in [0, 0.1) is 9.49 Å². The summed E-state index contributed by atoms with van der Waals surface area (Å²) in [5.41, 5.74) is 1.02. The summed E-state index contributed by atoms with van der Waals surface area (Å²) in [4.78, 5) is 28.6. The number of nitrogens with one attached hydrogen (secondary N) is 1. The average Bonchev–Trinajstić information content (AvgIpc) is 3.67. The van der Waals surface area contributed by atoms with E-state index in [9.17, 15) is 24.9 Å². The second-order valence-corrected chi connectivity index (χ2v) is 12.0. The van der Waals surface area contributed by atoms with Gasteiger partial charge < -0.3 is 39.7 Å². The van der Waals surface area contributed by atoms with Gasteiger partial charge in [-0.2, -0.15) is 0 Å². The van der Waals surface area contributed by atoms with Gasteiger partial charge in [-0.05, 0) is 78.0 Å². The van der Waals surface area contributed by atoms with Crippen molar-refractivity contribution in [1.82, 2.24) is 10.2 Å². The summed E-state index contributed by atoms with van der Waals surface area (Å²) < 4.78 is 18.4. The van der Waals surface area contributed by atoms with Crippen LogP contribution in [-0.4, -0.2) is 89.8 Å².